The Balaban J connectivity index is 1.63. The van der Waals surface area contributed by atoms with Gasteiger partial charge in [0, 0.05) is 18.3 Å². The van der Waals surface area contributed by atoms with Crippen LogP contribution in [0.25, 0.3) is 5.78 Å². The van der Waals surface area contributed by atoms with Crippen molar-refractivity contribution in [2.24, 2.45) is 0 Å². The standard InChI is InChI=1S/C16H15N5O2/c1-9-6-7-17-16-19-14(20-21(9)16)15(23)18-13-11-5-3-2-4-10(11)8-12(13)22/h2-7,12-13,22H,8H2,1H3,(H,18,23)/t12-,13+/m1/s1. The number of carbonyl (C=O) groups excluding carboxylic acids is 1. The molecule has 1 aromatic carbocycles. The first-order valence-corrected chi connectivity index (χ1v) is 7.38. The van der Waals surface area contributed by atoms with Gasteiger partial charge in [-0.3, -0.25) is 4.79 Å². The quantitative estimate of drug-likeness (QED) is 0.731. The van der Waals surface area contributed by atoms with Crippen LogP contribution in [0.1, 0.15) is 33.5 Å². The molecule has 0 saturated carbocycles. The number of aryl methyl sites for hydroxylation is 1. The summed E-state index contributed by atoms with van der Waals surface area (Å²) in [5.41, 5.74) is 2.82. The fourth-order valence-corrected chi connectivity index (χ4v) is 2.96. The zero-order valence-corrected chi connectivity index (χ0v) is 12.5. The van der Waals surface area contributed by atoms with Crippen LogP contribution in [0.3, 0.4) is 0 Å². The van der Waals surface area contributed by atoms with Crippen molar-refractivity contribution >= 4 is 11.7 Å². The van der Waals surface area contributed by atoms with Gasteiger partial charge in [0.2, 0.25) is 5.82 Å². The number of rotatable bonds is 2. The number of aliphatic hydroxyl groups excluding tert-OH is 1. The van der Waals surface area contributed by atoms with Crippen LogP contribution < -0.4 is 5.32 Å². The number of fused-ring (bicyclic) bond motifs is 2. The average Bonchev–Trinajstić information content (AvgIpc) is 3.10. The summed E-state index contributed by atoms with van der Waals surface area (Å²) in [5, 5.41) is 17.2. The second-order valence-electron chi connectivity index (χ2n) is 5.65. The predicted molar refractivity (Wildman–Crippen MR) is 81.9 cm³/mol. The highest BCUT2D eigenvalue weighted by Crippen LogP contribution is 2.31. The van der Waals surface area contributed by atoms with Gasteiger partial charge >= 0.3 is 0 Å². The molecule has 2 heterocycles. The smallest absolute Gasteiger partial charge is 0.291 e. The summed E-state index contributed by atoms with van der Waals surface area (Å²) in [4.78, 5) is 20.7. The van der Waals surface area contributed by atoms with E-state index in [4.69, 9.17) is 0 Å². The van der Waals surface area contributed by atoms with E-state index >= 15 is 0 Å². The summed E-state index contributed by atoms with van der Waals surface area (Å²) in [6.45, 7) is 1.86. The number of aromatic nitrogens is 4. The van der Waals surface area contributed by atoms with E-state index in [-0.39, 0.29) is 5.82 Å². The summed E-state index contributed by atoms with van der Waals surface area (Å²) in [5.74, 6) is 0.00144. The zero-order chi connectivity index (χ0) is 16.0. The van der Waals surface area contributed by atoms with Crippen LogP contribution in [0.15, 0.2) is 36.5 Å². The molecular weight excluding hydrogens is 294 g/mol. The molecule has 0 fully saturated rings. The number of benzene rings is 1. The van der Waals surface area contributed by atoms with Crippen molar-refractivity contribution in [1.29, 1.82) is 0 Å². The van der Waals surface area contributed by atoms with Crippen LogP contribution >= 0.6 is 0 Å². The monoisotopic (exact) mass is 309 g/mol. The first-order valence-electron chi connectivity index (χ1n) is 7.38. The third kappa shape index (κ3) is 2.25. The molecule has 2 aromatic heterocycles. The zero-order valence-electron chi connectivity index (χ0n) is 12.5. The van der Waals surface area contributed by atoms with E-state index in [2.05, 4.69) is 20.4 Å². The highest BCUT2D eigenvalue weighted by Gasteiger charge is 2.32. The van der Waals surface area contributed by atoms with Gasteiger partial charge in [0.1, 0.15) is 0 Å². The lowest BCUT2D eigenvalue weighted by Crippen LogP contribution is -2.34. The number of nitrogens with zero attached hydrogens (tertiary/aromatic N) is 4. The lowest BCUT2D eigenvalue weighted by atomic mass is 10.1. The Morgan fingerprint density at radius 2 is 2.17 bits per heavy atom. The Morgan fingerprint density at radius 1 is 1.35 bits per heavy atom. The van der Waals surface area contributed by atoms with Crippen molar-refractivity contribution in [3.05, 3.63) is 59.2 Å². The van der Waals surface area contributed by atoms with Gasteiger partial charge in [-0.15, -0.1) is 5.10 Å². The van der Waals surface area contributed by atoms with E-state index in [1.54, 1.807) is 12.3 Å². The molecule has 4 rings (SSSR count). The largest absolute Gasteiger partial charge is 0.390 e. The van der Waals surface area contributed by atoms with E-state index in [1.807, 2.05) is 31.2 Å². The Kier molecular flexibility index (Phi) is 3.09. The fraction of sp³-hybridized carbons (Fsp3) is 0.250. The van der Waals surface area contributed by atoms with Crippen LogP contribution in [0.4, 0.5) is 0 Å². The van der Waals surface area contributed by atoms with Gasteiger partial charge in [-0.2, -0.15) is 4.98 Å². The molecule has 3 aromatic rings. The minimum absolute atomic E-state index is 0.0448. The van der Waals surface area contributed by atoms with Crippen LogP contribution in [0.5, 0.6) is 0 Å². The van der Waals surface area contributed by atoms with E-state index in [0.717, 1.165) is 16.8 Å². The fourth-order valence-electron chi connectivity index (χ4n) is 2.96. The molecule has 0 spiro atoms. The van der Waals surface area contributed by atoms with Gasteiger partial charge in [0.15, 0.2) is 0 Å². The summed E-state index contributed by atoms with van der Waals surface area (Å²) in [6.07, 6.45) is 1.51. The van der Waals surface area contributed by atoms with Crippen LogP contribution in [0, 0.1) is 6.92 Å². The number of nitrogens with one attached hydrogen (secondary N) is 1. The van der Waals surface area contributed by atoms with Crippen LogP contribution in [-0.4, -0.2) is 36.7 Å². The highest BCUT2D eigenvalue weighted by molar-refractivity contribution is 5.91. The predicted octanol–water partition coefficient (Wildman–Crippen LogP) is 0.821. The van der Waals surface area contributed by atoms with Crippen LogP contribution in [-0.2, 0) is 6.42 Å². The lowest BCUT2D eigenvalue weighted by Gasteiger charge is -2.16. The average molecular weight is 309 g/mol. The molecule has 0 saturated heterocycles. The van der Waals surface area contributed by atoms with Crippen LogP contribution in [0.2, 0.25) is 0 Å². The molecule has 7 nitrogen and oxygen atoms in total. The first-order chi connectivity index (χ1) is 11.1. The molecule has 0 radical (unpaired) electrons. The molecule has 23 heavy (non-hydrogen) atoms. The van der Waals surface area contributed by atoms with Crippen molar-refractivity contribution < 1.29 is 9.90 Å². The second kappa shape index (κ2) is 5.13. The SMILES string of the molecule is Cc1ccnc2nc(C(=O)N[C@H]3c4ccccc4C[C@H]3O)nn12. The summed E-state index contributed by atoms with van der Waals surface area (Å²) < 4.78 is 1.52. The first kappa shape index (κ1) is 13.8. The lowest BCUT2D eigenvalue weighted by molar-refractivity contribution is 0.0848. The number of amides is 1. The Morgan fingerprint density at radius 3 is 3.00 bits per heavy atom. The molecule has 0 bridgehead atoms. The number of hydrogen-bond acceptors (Lipinski definition) is 5. The van der Waals surface area contributed by atoms with Gasteiger partial charge in [-0.1, -0.05) is 24.3 Å². The van der Waals surface area contributed by atoms with Gasteiger partial charge < -0.3 is 10.4 Å². The van der Waals surface area contributed by atoms with E-state index in [9.17, 15) is 9.90 Å². The Bertz CT molecular complexity index is 904. The van der Waals surface area contributed by atoms with Gasteiger partial charge in [0.25, 0.3) is 11.7 Å². The molecule has 116 valence electrons. The summed E-state index contributed by atoms with van der Waals surface area (Å²) >= 11 is 0. The van der Waals surface area contributed by atoms with E-state index in [0.29, 0.717) is 12.2 Å². The Labute approximate surface area is 132 Å². The maximum Gasteiger partial charge on any atom is 0.291 e. The number of carbonyl (C=O) groups is 1. The van der Waals surface area contributed by atoms with Crippen molar-refractivity contribution in [3.8, 4) is 0 Å². The molecule has 1 amide bonds. The minimum Gasteiger partial charge on any atom is -0.390 e. The van der Waals surface area contributed by atoms with Gasteiger partial charge in [-0.05, 0) is 24.1 Å². The highest BCUT2D eigenvalue weighted by atomic mass is 16.3. The molecule has 1 aliphatic carbocycles. The number of hydrogen-bond donors (Lipinski definition) is 2. The molecule has 0 unspecified atom stereocenters. The second-order valence-corrected chi connectivity index (χ2v) is 5.65. The van der Waals surface area contributed by atoms with Gasteiger partial charge in [0.05, 0.1) is 12.1 Å². The van der Waals surface area contributed by atoms with Gasteiger partial charge in [-0.25, -0.2) is 9.50 Å². The molecule has 0 aliphatic heterocycles. The molecule has 7 heteroatoms. The molecule has 2 N–H and O–H groups in total. The topological polar surface area (TPSA) is 92.4 Å². The number of aliphatic hydroxyl groups is 1. The molecular formula is C16H15N5O2. The van der Waals surface area contributed by atoms with Crippen molar-refractivity contribution in [3.63, 3.8) is 0 Å². The summed E-state index contributed by atoms with van der Waals surface area (Å²) in [7, 11) is 0. The Hall–Kier alpha value is -2.80. The maximum atomic E-state index is 12.4. The van der Waals surface area contributed by atoms with Crippen molar-refractivity contribution in [1.82, 2.24) is 24.9 Å². The minimum atomic E-state index is -0.645. The summed E-state index contributed by atoms with van der Waals surface area (Å²) in [6, 6.07) is 9.04. The van der Waals surface area contributed by atoms with Crippen molar-refractivity contribution in [2.45, 2.75) is 25.5 Å². The van der Waals surface area contributed by atoms with E-state index in [1.165, 1.54) is 4.52 Å². The van der Waals surface area contributed by atoms with Crippen molar-refractivity contribution in [2.75, 3.05) is 0 Å². The molecule has 2 atom stereocenters. The normalized spacial score (nSPS) is 19.7. The molecule has 1 aliphatic rings. The third-order valence-corrected chi connectivity index (χ3v) is 4.12. The maximum absolute atomic E-state index is 12.4. The third-order valence-electron chi connectivity index (χ3n) is 4.12. The van der Waals surface area contributed by atoms with E-state index < -0.39 is 18.1 Å².